The first-order chi connectivity index (χ1) is 11.4. The van der Waals surface area contributed by atoms with Crippen molar-refractivity contribution in [1.29, 1.82) is 0 Å². The normalized spacial score (nSPS) is 23.9. The van der Waals surface area contributed by atoms with Crippen LogP contribution in [0.1, 0.15) is 45.4 Å². The summed E-state index contributed by atoms with van der Waals surface area (Å²) < 4.78 is 0. The van der Waals surface area contributed by atoms with E-state index in [4.69, 9.17) is 23.2 Å². The van der Waals surface area contributed by atoms with Gasteiger partial charge >= 0.3 is 0 Å². The van der Waals surface area contributed by atoms with Gasteiger partial charge in [0.15, 0.2) is 0 Å². The standard InChI is InChI=1S/C18H22Cl2N2O2/c1-18(17(24)21-13-6-7-14(19)15(20)11-13)8-9-22(18)16(23)10-12-4-2-3-5-12/h6-7,11-12H,2-5,8-10H2,1H3,(H,21,24). The molecule has 2 fully saturated rings. The van der Waals surface area contributed by atoms with Crippen molar-refractivity contribution >= 4 is 40.7 Å². The van der Waals surface area contributed by atoms with Crippen LogP contribution in [0.2, 0.25) is 10.0 Å². The summed E-state index contributed by atoms with van der Waals surface area (Å²) in [6, 6.07) is 4.97. The lowest BCUT2D eigenvalue weighted by Gasteiger charge is -2.49. The van der Waals surface area contributed by atoms with Crippen molar-refractivity contribution in [2.24, 2.45) is 5.92 Å². The van der Waals surface area contributed by atoms with Crippen LogP contribution < -0.4 is 5.32 Å². The molecule has 1 heterocycles. The molecular weight excluding hydrogens is 347 g/mol. The van der Waals surface area contributed by atoms with Crippen molar-refractivity contribution in [2.75, 3.05) is 11.9 Å². The van der Waals surface area contributed by atoms with Crippen LogP contribution in [0, 0.1) is 5.92 Å². The number of benzene rings is 1. The van der Waals surface area contributed by atoms with Crippen LogP contribution in [0.15, 0.2) is 18.2 Å². The average molecular weight is 369 g/mol. The molecule has 1 unspecified atom stereocenters. The second-order valence-corrected chi connectivity index (χ2v) is 7.82. The molecule has 2 amide bonds. The number of carbonyl (C=O) groups is 2. The molecule has 1 aromatic rings. The quantitative estimate of drug-likeness (QED) is 0.849. The number of carbonyl (C=O) groups excluding carboxylic acids is 2. The third-order valence-electron chi connectivity index (χ3n) is 5.32. The summed E-state index contributed by atoms with van der Waals surface area (Å²) in [5, 5.41) is 3.69. The van der Waals surface area contributed by atoms with Gasteiger partial charge in [0.1, 0.15) is 5.54 Å². The van der Waals surface area contributed by atoms with Crippen molar-refractivity contribution in [3.8, 4) is 0 Å². The predicted molar refractivity (Wildman–Crippen MR) is 96.4 cm³/mol. The Labute approximate surface area is 152 Å². The van der Waals surface area contributed by atoms with Gasteiger partial charge in [0.25, 0.3) is 0 Å². The average Bonchev–Trinajstić information content (AvgIpc) is 3.01. The van der Waals surface area contributed by atoms with Crippen LogP contribution in [-0.4, -0.2) is 28.8 Å². The van der Waals surface area contributed by atoms with Crippen molar-refractivity contribution in [3.05, 3.63) is 28.2 Å². The molecule has 0 aromatic heterocycles. The molecule has 3 rings (SSSR count). The summed E-state index contributed by atoms with van der Waals surface area (Å²) in [5.41, 5.74) is -0.187. The summed E-state index contributed by atoms with van der Waals surface area (Å²) in [5.74, 6) is 0.410. The number of likely N-dealkylation sites (tertiary alicyclic amines) is 1. The topological polar surface area (TPSA) is 49.4 Å². The molecule has 4 nitrogen and oxygen atoms in total. The lowest BCUT2D eigenvalue weighted by Crippen LogP contribution is -2.66. The minimum Gasteiger partial charge on any atom is -0.328 e. The van der Waals surface area contributed by atoms with E-state index < -0.39 is 5.54 Å². The molecule has 0 spiro atoms. The number of nitrogens with zero attached hydrogens (tertiary/aromatic N) is 1. The monoisotopic (exact) mass is 368 g/mol. The predicted octanol–water partition coefficient (Wildman–Crippen LogP) is 4.50. The fourth-order valence-corrected chi connectivity index (χ4v) is 3.90. The second-order valence-electron chi connectivity index (χ2n) is 7.01. The maximum absolute atomic E-state index is 12.7. The molecule has 2 aliphatic rings. The Hall–Kier alpha value is -1.26. The molecule has 130 valence electrons. The third kappa shape index (κ3) is 3.40. The zero-order valence-electron chi connectivity index (χ0n) is 13.8. The van der Waals surface area contributed by atoms with E-state index in [2.05, 4.69) is 5.32 Å². The van der Waals surface area contributed by atoms with Gasteiger partial charge in [-0.25, -0.2) is 0 Å². The highest BCUT2D eigenvalue weighted by Gasteiger charge is 2.49. The SMILES string of the molecule is CC1(C(=O)Nc2ccc(Cl)c(Cl)c2)CCN1C(=O)CC1CCCC1. The van der Waals surface area contributed by atoms with Gasteiger partial charge in [-0.2, -0.15) is 0 Å². The first kappa shape index (κ1) is 17.6. The minimum absolute atomic E-state index is 0.0972. The van der Waals surface area contributed by atoms with E-state index in [-0.39, 0.29) is 11.8 Å². The van der Waals surface area contributed by atoms with Gasteiger partial charge in [0.05, 0.1) is 10.0 Å². The lowest BCUT2D eigenvalue weighted by atomic mass is 9.84. The zero-order chi connectivity index (χ0) is 17.3. The smallest absolute Gasteiger partial charge is 0.250 e. The van der Waals surface area contributed by atoms with E-state index in [1.165, 1.54) is 12.8 Å². The highest BCUT2D eigenvalue weighted by Crippen LogP contribution is 2.35. The Kier molecular flexibility index (Phi) is 5.07. The molecule has 1 atom stereocenters. The highest BCUT2D eigenvalue weighted by atomic mass is 35.5. The molecule has 1 aromatic carbocycles. The van der Waals surface area contributed by atoms with Crippen LogP contribution in [0.3, 0.4) is 0 Å². The lowest BCUT2D eigenvalue weighted by molar-refractivity contribution is -0.155. The Bertz CT molecular complexity index is 658. The van der Waals surface area contributed by atoms with Gasteiger partial charge < -0.3 is 10.2 Å². The number of halogens is 2. The minimum atomic E-state index is -0.776. The molecule has 0 radical (unpaired) electrons. The van der Waals surface area contributed by atoms with E-state index in [9.17, 15) is 9.59 Å². The van der Waals surface area contributed by atoms with Gasteiger partial charge in [-0.3, -0.25) is 9.59 Å². The third-order valence-corrected chi connectivity index (χ3v) is 6.06. The molecule has 1 saturated carbocycles. The largest absolute Gasteiger partial charge is 0.328 e. The molecule has 1 aliphatic heterocycles. The number of hydrogen-bond donors (Lipinski definition) is 1. The number of nitrogens with one attached hydrogen (secondary N) is 1. The Morgan fingerprint density at radius 3 is 2.54 bits per heavy atom. The van der Waals surface area contributed by atoms with Crippen LogP contribution in [0.25, 0.3) is 0 Å². The Morgan fingerprint density at radius 2 is 1.96 bits per heavy atom. The molecule has 1 saturated heterocycles. The van der Waals surface area contributed by atoms with Gasteiger partial charge in [0.2, 0.25) is 11.8 Å². The number of hydrogen-bond acceptors (Lipinski definition) is 2. The van der Waals surface area contributed by atoms with Crippen LogP contribution >= 0.6 is 23.2 Å². The van der Waals surface area contributed by atoms with E-state index in [1.807, 2.05) is 6.92 Å². The molecule has 0 bridgehead atoms. The van der Waals surface area contributed by atoms with E-state index in [0.29, 0.717) is 41.0 Å². The van der Waals surface area contributed by atoms with E-state index in [1.54, 1.807) is 23.1 Å². The van der Waals surface area contributed by atoms with Gasteiger partial charge in [-0.05, 0) is 50.3 Å². The van der Waals surface area contributed by atoms with Gasteiger partial charge in [-0.1, -0.05) is 36.0 Å². The van der Waals surface area contributed by atoms with Crippen molar-refractivity contribution in [2.45, 2.75) is 51.0 Å². The number of anilines is 1. The fraction of sp³-hybridized carbons (Fsp3) is 0.556. The maximum atomic E-state index is 12.7. The first-order valence-electron chi connectivity index (χ1n) is 8.47. The summed E-state index contributed by atoms with van der Waals surface area (Å²) >= 11 is 11.9. The summed E-state index contributed by atoms with van der Waals surface area (Å²) in [6.07, 6.45) is 5.93. The molecule has 1 N–H and O–H groups in total. The molecule has 24 heavy (non-hydrogen) atoms. The van der Waals surface area contributed by atoms with Crippen molar-refractivity contribution < 1.29 is 9.59 Å². The van der Waals surface area contributed by atoms with Gasteiger partial charge in [0, 0.05) is 18.7 Å². The van der Waals surface area contributed by atoms with Crippen molar-refractivity contribution in [3.63, 3.8) is 0 Å². The summed E-state index contributed by atoms with van der Waals surface area (Å²) in [4.78, 5) is 27.0. The Balaban J connectivity index is 1.64. The zero-order valence-corrected chi connectivity index (χ0v) is 15.3. The number of rotatable bonds is 4. The molecule has 1 aliphatic carbocycles. The van der Waals surface area contributed by atoms with Gasteiger partial charge in [-0.15, -0.1) is 0 Å². The Morgan fingerprint density at radius 1 is 1.25 bits per heavy atom. The first-order valence-corrected chi connectivity index (χ1v) is 9.23. The van der Waals surface area contributed by atoms with Crippen molar-refractivity contribution in [1.82, 2.24) is 4.90 Å². The van der Waals surface area contributed by atoms with Crippen LogP contribution in [0.4, 0.5) is 5.69 Å². The van der Waals surface area contributed by atoms with Crippen LogP contribution in [-0.2, 0) is 9.59 Å². The van der Waals surface area contributed by atoms with E-state index in [0.717, 1.165) is 12.8 Å². The molecular formula is C18H22Cl2N2O2. The highest BCUT2D eigenvalue weighted by molar-refractivity contribution is 6.42. The summed E-state index contributed by atoms with van der Waals surface area (Å²) in [6.45, 7) is 2.48. The van der Waals surface area contributed by atoms with Crippen LogP contribution in [0.5, 0.6) is 0 Å². The molecule has 6 heteroatoms. The second kappa shape index (κ2) is 6.93. The summed E-state index contributed by atoms with van der Waals surface area (Å²) in [7, 11) is 0. The van der Waals surface area contributed by atoms with E-state index >= 15 is 0 Å². The maximum Gasteiger partial charge on any atom is 0.250 e. The number of amides is 2. The fourth-order valence-electron chi connectivity index (χ4n) is 3.61.